The van der Waals surface area contributed by atoms with Crippen LogP contribution in [0.25, 0.3) is 10.9 Å². The number of nitrogens with one attached hydrogen (secondary N) is 1. The first-order valence-electron chi connectivity index (χ1n) is 5.31. The highest BCUT2D eigenvalue weighted by molar-refractivity contribution is 5.98. The minimum atomic E-state index is 0.193. The van der Waals surface area contributed by atoms with Crippen molar-refractivity contribution in [2.24, 2.45) is 0 Å². The summed E-state index contributed by atoms with van der Waals surface area (Å²) < 4.78 is 0. The number of anilines is 2. The second-order valence-electron chi connectivity index (χ2n) is 3.61. The van der Waals surface area contributed by atoms with Crippen molar-refractivity contribution < 1.29 is 5.11 Å². The predicted molar refractivity (Wildman–Crippen MR) is 66.3 cm³/mol. The Balaban J connectivity index is 2.35. The summed E-state index contributed by atoms with van der Waals surface area (Å²) in [5.74, 6) is 0. The van der Waals surface area contributed by atoms with Crippen molar-refractivity contribution in [2.45, 2.75) is 6.42 Å². The van der Waals surface area contributed by atoms with E-state index in [-0.39, 0.29) is 6.61 Å². The van der Waals surface area contributed by atoms with Gasteiger partial charge in [-0.05, 0) is 30.7 Å². The fourth-order valence-corrected chi connectivity index (χ4v) is 1.65. The second kappa shape index (κ2) is 4.81. The Kier molecular flexibility index (Phi) is 3.22. The molecule has 0 fully saturated rings. The van der Waals surface area contributed by atoms with Gasteiger partial charge in [-0.15, -0.1) is 0 Å². The maximum absolute atomic E-state index is 8.73. The van der Waals surface area contributed by atoms with E-state index in [4.69, 9.17) is 10.8 Å². The molecule has 1 aromatic heterocycles. The number of hydrogen-bond acceptors (Lipinski definition) is 4. The van der Waals surface area contributed by atoms with E-state index in [1.165, 1.54) is 0 Å². The Bertz CT molecular complexity index is 485. The van der Waals surface area contributed by atoms with Crippen LogP contribution in [0.5, 0.6) is 0 Å². The number of pyridine rings is 1. The lowest BCUT2D eigenvalue weighted by Gasteiger charge is -2.09. The van der Waals surface area contributed by atoms with Crippen LogP contribution in [0.1, 0.15) is 6.42 Å². The van der Waals surface area contributed by atoms with E-state index in [0.29, 0.717) is 5.69 Å². The maximum atomic E-state index is 8.73. The van der Waals surface area contributed by atoms with Gasteiger partial charge < -0.3 is 16.2 Å². The fourth-order valence-electron chi connectivity index (χ4n) is 1.65. The Hall–Kier alpha value is -1.81. The van der Waals surface area contributed by atoms with Gasteiger partial charge in [0.25, 0.3) is 0 Å². The molecule has 1 aromatic carbocycles. The van der Waals surface area contributed by atoms with E-state index in [0.717, 1.165) is 29.6 Å². The van der Waals surface area contributed by atoms with Crippen LogP contribution in [0.4, 0.5) is 11.4 Å². The standard InChI is InChI=1S/C12H15N3O/c13-10-4-5-11(14-7-2-8-16)9-3-1-6-15-12(9)10/h1,3-6,14,16H,2,7-8,13H2. The van der Waals surface area contributed by atoms with Gasteiger partial charge in [0, 0.05) is 30.4 Å². The summed E-state index contributed by atoms with van der Waals surface area (Å²) >= 11 is 0. The largest absolute Gasteiger partial charge is 0.397 e. The number of aromatic nitrogens is 1. The van der Waals surface area contributed by atoms with Crippen LogP contribution in [-0.4, -0.2) is 23.2 Å². The van der Waals surface area contributed by atoms with Gasteiger partial charge in [0.15, 0.2) is 0 Å². The van der Waals surface area contributed by atoms with Crippen molar-refractivity contribution in [1.29, 1.82) is 0 Å². The summed E-state index contributed by atoms with van der Waals surface area (Å²) in [4.78, 5) is 4.26. The van der Waals surface area contributed by atoms with Crippen LogP contribution in [0.2, 0.25) is 0 Å². The van der Waals surface area contributed by atoms with Crippen molar-refractivity contribution in [3.05, 3.63) is 30.5 Å². The van der Waals surface area contributed by atoms with Gasteiger partial charge >= 0.3 is 0 Å². The lowest BCUT2D eigenvalue weighted by atomic mass is 10.1. The molecule has 0 aliphatic rings. The molecule has 0 atom stereocenters. The van der Waals surface area contributed by atoms with Gasteiger partial charge in [-0.25, -0.2) is 0 Å². The Morgan fingerprint density at radius 3 is 3.00 bits per heavy atom. The summed E-state index contributed by atoms with van der Waals surface area (Å²) in [7, 11) is 0. The highest BCUT2D eigenvalue weighted by atomic mass is 16.3. The molecule has 4 nitrogen and oxygen atoms in total. The molecule has 0 unspecified atom stereocenters. The van der Waals surface area contributed by atoms with Crippen LogP contribution in [0.3, 0.4) is 0 Å². The molecule has 0 saturated heterocycles. The number of aliphatic hydroxyl groups is 1. The van der Waals surface area contributed by atoms with Gasteiger partial charge in [-0.1, -0.05) is 0 Å². The minimum Gasteiger partial charge on any atom is -0.397 e. The smallest absolute Gasteiger partial charge is 0.0951 e. The quantitative estimate of drug-likeness (QED) is 0.537. The molecule has 1 heterocycles. The first-order valence-corrected chi connectivity index (χ1v) is 5.31. The lowest BCUT2D eigenvalue weighted by Crippen LogP contribution is -2.04. The van der Waals surface area contributed by atoms with Crippen LogP contribution >= 0.6 is 0 Å². The summed E-state index contributed by atoms with van der Waals surface area (Å²) in [5.41, 5.74) is 8.35. The van der Waals surface area contributed by atoms with Gasteiger partial charge in [0.05, 0.1) is 11.2 Å². The molecule has 84 valence electrons. The molecule has 16 heavy (non-hydrogen) atoms. The molecule has 0 saturated carbocycles. The van der Waals surface area contributed by atoms with E-state index in [9.17, 15) is 0 Å². The molecule has 0 spiro atoms. The number of aliphatic hydroxyl groups excluding tert-OH is 1. The van der Waals surface area contributed by atoms with Crippen LogP contribution in [0.15, 0.2) is 30.5 Å². The van der Waals surface area contributed by atoms with Crippen molar-refractivity contribution in [1.82, 2.24) is 4.98 Å². The van der Waals surface area contributed by atoms with Crippen LogP contribution < -0.4 is 11.1 Å². The van der Waals surface area contributed by atoms with Gasteiger partial charge in [-0.2, -0.15) is 0 Å². The fraction of sp³-hybridized carbons (Fsp3) is 0.250. The van der Waals surface area contributed by atoms with Crippen molar-refractivity contribution >= 4 is 22.3 Å². The zero-order valence-corrected chi connectivity index (χ0v) is 8.98. The van der Waals surface area contributed by atoms with Crippen LogP contribution in [-0.2, 0) is 0 Å². The summed E-state index contributed by atoms with van der Waals surface area (Å²) in [6, 6.07) is 7.66. The van der Waals surface area contributed by atoms with Gasteiger partial charge in [0.2, 0.25) is 0 Å². The highest BCUT2D eigenvalue weighted by Gasteiger charge is 2.03. The number of nitrogens with two attached hydrogens (primary N) is 1. The lowest BCUT2D eigenvalue weighted by molar-refractivity contribution is 0.292. The molecule has 0 radical (unpaired) electrons. The Morgan fingerprint density at radius 1 is 1.31 bits per heavy atom. The third-order valence-electron chi connectivity index (χ3n) is 2.45. The third-order valence-corrected chi connectivity index (χ3v) is 2.45. The van der Waals surface area contributed by atoms with Crippen molar-refractivity contribution in [3.63, 3.8) is 0 Å². The van der Waals surface area contributed by atoms with Crippen molar-refractivity contribution in [3.8, 4) is 0 Å². The number of rotatable bonds is 4. The average Bonchev–Trinajstić information content (AvgIpc) is 2.33. The van der Waals surface area contributed by atoms with E-state index in [2.05, 4.69) is 10.3 Å². The summed E-state index contributed by atoms with van der Waals surface area (Å²) in [5, 5.41) is 13.0. The van der Waals surface area contributed by atoms with Crippen molar-refractivity contribution in [2.75, 3.05) is 24.2 Å². The van der Waals surface area contributed by atoms with E-state index in [1.807, 2.05) is 24.3 Å². The maximum Gasteiger partial charge on any atom is 0.0951 e. The first kappa shape index (κ1) is 10.7. The molecule has 4 heteroatoms. The van der Waals surface area contributed by atoms with Crippen LogP contribution in [0, 0.1) is 0 Å². The van der Waals surface area contributed by atoms with E-state index < -0.39 is 0 Å². The normalized spacial score (nSPS) is 10.6. The molecular formula is C12H15N3O. The monoisotopic (exact) mass is 217 g/mol. The second-order valence-corrected chi connectivity index (χ2v) is 3.61. The van der Waals surface area contributed by atoms with Gasteiger partial charge in [0.1, 0.15) is 0 Å². The number of nitrogen functional groups attached to an aromatic ring is 1. The molecule has 4 N–H and O–H groups in total. The third kappa shape index (κ3) is 2.06. The van der Waals surface area contributed by atoms with E-state index in [1.54, 1.807) is 6.20 Å². The molecule has 0 amide bonds. The zero-order valence-electron chi connectivity index (χ0n) is 8.98. The molecular weight excluding hydrogens is 202 g/mol. The predicted octanol–water partition coefficient (Wildman–Crippen LogP) is 1.61. The number of benzene rings is 1. The summed E-state index contributed by atoms with van der Waals surface area (Å²) in [6.45, 7) is 0.933. The SMILES string of the molecule is Nc1ccc(NCCCO)c2cccnc12. The first-order chi connectivity index (χ1) is 7.83. The number of nitrogens with zero attached hydrogens (tertiary/aromatic N) is 1. The Morgan fingerprint density at radius 2 is 2.19 bits per heavy atom. The Labute approximate surface area is 94.1 Å². The molecule has 2 rings (SSSR count). The highest BCUT2D eigenvalue weighted by Crippen LogP contribution is 2.26. The molecule has 2 aromatic rings. The molecule has 0 aliphatic carbocycles. The molecule has 0 aliphatic heterocycles. The zero-order chi connectivity index (χ0) is 11.4. The number of hydrogen-bond donors (Lipinski definition) is 3. The topological polar surface area (TPSA) is 71.2 Å². The number of fused-ring (bicyclic) bond motifs is 1. The van der Waals surface area contributed by atoms with E-state index >= 15 is 0 Å². The molecule has 0 bridgehead atoms. The van der Waals surface area contributed by atoms with Gasteiger partial charge in [-0.3, -0.25) is 4.98 Å². The summed E-state index contributed by atoms with van der Waals surface area (Å²) in [6.07, 6.45) is 2.46. The average molecular weight is 217 g/mol. The minimum absolute atomic E-state index is 0.193.